The van der Waals surface area contributed by atoms with Gasteiger partial charge in [-0.3, -0.25) is 14.4 Å². The van der Waals surface area contributed by atoms with Gasteiger partial charge in [-0.1, -0.05) is 72.8 Å². The number of hydrogen-bond donors (Lipinski definition) is 1. The third-order valence-corrected chi connectivity index (χ3v) is 10.1. The minimum atomic E-state index is -1.42. The second-order valence-corrected chi connectivity index (χ2v) is 12.4. The zero-order valence-electron chi connectivity index (χ0n) is 26.7. The Morgan fingerprint density at radius 3 is 2.09 bits per heavy atom. The first-order valence-corrected chi connectivity index (χ1v) is 16.5. The van der Waals surface area contributed by atoms with Gasteiger partial charge in [-0.15, -0.1) is 0 Å². The summed E-state index contributed by atoms with van der Waals surface area (Å²) < 4.78 is 6.84. The van der Waals surface area contributed by atoms with Crippen molar-refractivity contribution in [3.63, 3.8) is 0 Å². The van der Waals surface area contributed by atoms with Gasteiger partial charge in [-0.2, -0.15) is 0 Å². The summed E-state index contributed by atoms with van der Waals surface area (Å²) in [7, 11) is 0. The molecule has 1 N–H and O–H groups in total. The third kappa shape index (κ3) is 4.96. The molecule has 0 aliphatic carbocycles. The van der Waals surface area contributed by atoms with E-state index < -0.39 is 42.2 Å². The highest BCUT2D eigenvalue weighted by molar-refractivity contribution is 6.07. The summed E-state index contributed by atoms with van der Waals surface area (Å²) in [6.07, 6.45) is 6.78. The fraction of sp³-hybridized carbons (Fsp3) is 0.342. The second kappa shape index (κ2) is 12.5. The summed E-state index contributed by atoms with van der Waals surface area (Å²) in [5, 5.41) is 10.8. The highest BCUT2D eigenvalue weighted by Gasteiger charge is 2.72. The Bertz CT molecular complexity index is 1690. The summed E-state index contributed by atoms with van der Waals surface area (Å²) in [5.41, 5.74) is 1.77. The van der Waals surface area contributed by atoms with E-state index in [4.69, 9.17) is 4.74 Å². The highest BCUT2D eigenvalue weighted by Crippen LogP contribution is 2.55. The summed E-state index contributed by atoms with van der Waals surface area (Å²) in [6.45, 7) is 6.14. The fourth-order valence-corrected chi connectivity index (χ4v) is 7.95. The SMILES string of the molecule is CCN(CC)c1ccc(N2CC=C[C@]34O[C@H]5C=CCN(c6ccccc6)C(=O)[C@H]5[C@H]3C(=O)N([C@H](CO)c3ccccc3)C4C2=O)cc1. The van der Waals surface area contributed by atoms with E-state index in [0.29, 0.717) is 17.8 Å². The van der Waals surface area contributed by atoms with Crippen LogP contribution in [0.2, 0.25) is 0 Å². The Morgan fingerprint density at radius 1 is 0.809 bits per heavy atom. The molecule has 0 aromatic heterocycles. The van der Waals surface area contributed by atoms with Crippen molar-refractivity contribution in [2.75, 3.05) is 47.5 Å². The number of aliphatic hydroxyl groups excluding tert-OH is 1. The summed E-state index contributed by atoms with van der Waals surface area (Å²) in [4.78, 5) is 51.4. The van der Waals surface area contributed by atoms with Gasteiger partial charge in [0.05, 0.1) is 30.6 Å². The van der Waals surface area contributed by atoms with Crippen LogP contribution >= 0.6 is 0 Å². The molecule has 2 saturated heterocycles. The van der Waals surface area contributed by atoms with Crippen molar-refractivity contribution in [2.24, 2.45) is 11.8 Å². The molecule has 9 heteroatoms. The number of nitrogens with zero attached hydrogens (tertiary/aromatic N) is 4. The Balaban J connectivity index is 1.33. The number of benzene rings is 3. The third-order valence-electron chi connectivity index (χ3n) is 10.1. The molecule has 1 spiro atoms. The second-order valence-electron chi connectivity index (χ2n) is 12.4. The molecule has 0 radical (unpaired) electrons. The zero-order valence-corrected chi connectivity index (χ0v) is 26.7. The summed E-state index contributed by atoms with van der Waals surface area (Å²) in [6, 6.07) is 24.6. The molecule has 4 aliphatic rings. The maximum Gasteiger partial charge on any atom is 0.253 e. The minimum Gasteiger partial charge on any atom is -0.394 e. The van der Waals surface area contributed by atoms with Crippen molar-refractivity contribution in [3.8, 4) is 0 Å². The van der Waals surface area contributed by atoms with Crippen LogP contribution in [0.15, 0.2) is 109 Å². The molecular weight excluding hydrogens is 592 g/mol. The van der Waals surface area contributed by atoms with E-state index in [-0.39, 0.29) is 24.3 Å². The number of amides is 3. The fourth-order valence-electron chi connectivity index (χ4n) is 7.95. The number of aliphatic hydroxyl groups is 1. The lowest BCUT2D eigenvalue weighted by molar-refractivity contribution is -0.144. The molecule has 242 valence electrons. The normalized spacial score (nSPS) is 27.3. The van der Waals surface area contributed by atoms with Gasteiger partial charge in [0.25, 0.3) is 5.91 Å². The molecule has 4 aliphatic heterocycles. The number of carbonyl (C=O) groups is 3. The summed E-state index contributed by atoms with van der Waals surface area (Å²) >= 11 is 0. The number of ether oxygens (including phenoxy) is 1. The first-order chi connectivity index (χ1) is 22.9. The van der Waals surface area contributed by atoms with E-state index in [1.54, 1.807) is 9.80 Å². The predicted octanol–water partition coefficient (Wildman–Crippen LogP) is 4.35. The van der Waals surface area contributed by atoms with E-state index >= 15 is 0 Å². The van der Waals surface area contributed by atoms with Gasteiger partial charge in [0.15, 0.2) is 0 Å². The van der Waals surface area contributed by atoms with Gasteiger partial charge in [-0.25, -0.2) is 0 Å². The maximum absolute atomic E-state index is 15.0. The Hall–Kier alpha value is -4.73. The number of hydrogen-bond acceptors (Lipinski definition) is 6. The first-order valence-electron chi connectivity index (χ1n) is 16.5. The number of carbonyl (C=O) groups excluding carboxylic acids is 3. The van der Waals surface area contributed by atoms with Gasteiger partial charge in [-0.05, 0) is 55.8 Å². The summed E-state index contributed by atoms with van der Waals surface area (Å²) in [5.74, 6) is -2.75. The van der Waals surface area contributed by atoms with Gasteiger partial charge in [0.1, 0.15) is 11.6 Å². The van der Waals surface area contributed by atoms with Crippen LogP contribution in [0.4, 0.5) is 17.1 Å². The molecule has 3 aromatic rings. The standard InChI is InChI=1S/C38H40N4O5/c1-3-39(4-2)27-18-20-29(21-19-27)41-24-12-22-38-33(32-31(47-38)17-11-23-40(35(32)44)28-15-9-6-10-16-28)36(45)42(34(38)37(41)46)30(25-43)26-13-7-5-8-14-26/h5-22,30-34,43H,3-4,23-25H2,1-2H3/t30-,31+,32-,33+,34?,38+/m1/s1. The largest absolute Gasteiger partial charge is 0.394 e. The molecule has 0 saturated carbocycles. The van der Waals surface area contributed by atoms with Crippen molar-refractivity contribution < 1.29 is 24.2 Å². The van der Waals surface area contributed by atoms with Crippen molar-refractivity contribution in [1.82, 2.24) is 4.90 Å². The molecule has 6 atom stereocenters. The van der Waals surface area contributed by atoms with Crippen molar-refractivity contribution in [2.45, 2.75) is 37.6 Å². The molecule has 3 aromatic carbocycles. The molecule has 1 unspecified atom stereocenters. The van der Waals surface area contributed by atoms with Crippen LogP contribution in [-0.2, 0) is 19.1 Å². The van der Waals surface area contributed by atoms with Crippen LogP contribution in [0.3, 0.4) is 0 Å². The van der Waals surface area contributed by atoms with E-state index in [1.807, 2.05) is 109 Å². The van der Waals surface area contributed by atoms with Crippen molar-refractivity contribution >= 4 is 34.8 Å². The van der Waals surface area contributed by atoms with Crippen molar-refractivity contribution in [1.29, 1.82) is 0 Å². The average Bonchev–Trinajstić information content (AvgIpc) is 3.42. The van der Waals surface area contributed by atoms with E-state index in [2.05, 4.69) is 18.7 Å². The van der Waals surface area contributed by atoms with Gasteiger partial charge >= 0.3 is 0 Å². The molecular formula is C38H40N4O5. The number of anilines is 3. The van der Waals surface area contributed by atoms with Crippen LogP contribution in [0.1, 0.15) is 25.5 Å². The lowest BCUT2D eigenvalue weighted by Crippen LogP contribution is -2.56. The van der Waals surface area contributed by atoms with Gasteiger partial charge < -0.3 is 29.4 Å². The first kappa shape index (κ1) is 30.9. The van der Waals surface area contributed by atoms with E-state index in [9.17, 15) is 19.5 Å². The van der Waals surface area contributed by atoms with Crippen LogP contribution in [-0.4, -0.2) is 78.3 Å². The number of rotatable bonds is 8. The molecule has 3 amide bonds. The quantitative estimate of drug-likeness (QED) is 0.372. The Kier molecular flexibility index (Phi) is 8.20. The van der Waals surface area contributed by atoms with Crippen LogP contribution in [0, 0.1) is 11.8 Å². The number of para-hydroxylation sites is 1. The molecule has 2 fully saturated rings. The number of fused-ring (bicyclic) bond motifs is 2. The highest BCUT2D eigenvalue weighted by atomic mass is 16.5. The predicted molar refractivity (Wildman–Crippen MR) is 181 cm³/mol. The number of likely N-dealkylation sites (tertiary alicyclic amines) is 1. The lowest BCUT2D eigenvalue weighted by Gasteiger charge is -2.38. The lowest BCUT2D eigenvalue weighted by atomic mass is 9.77. The molecule has 4 heterocycles. The molecule has 47 heavy (non-hydrogen) atoms. The van der Waals surface area contributed by atoms with Crippen LogP contribution in [0.5, 0.6) is 0 Å². The topological polar surface area (TPSA) is 93.6 Å². The Morgan fingerprint density at radius 2 is 1.43 bits per heavy atom. The maximum atomic E-state index is 15.0. The van der Waals surface area contributed by atoms with E-state index in [0.717, 1.165) is 24.5 Å². The zero-order chi connectivity index (χ0) is 32.7. The minimum absolute atomic E-state index is 0.226. The van der Waals surface area contributed by atoms with E-state index in [1.165, 1.54) is 4.90 Å². The average molecular weight is 633 g/mol. The molecule has 9 nitrogen and oxygen atoms in total. The van der Waals surface area contributed by atoms with Crippen LogP contribution in [0.25, 0.3) is 0 Å². The van der Waals surface area contributed by atoms with Gasteiger partial charge in [0.2, 0.25) is 11.8 Å². The van der Waals surface area contributed by atoms with Crippen LogP contribution < -0.4 is 14.7 Å². The molecule has 7 rings (SSSR count). The van der Waals surface area contributed by atoms with Gasteiger partial charge in [0, 0.05) is 43.2 Å². The smallest absolute Gasteiger partial charge is 0.253 e. The molecule has 0 bridgehead atoms. The Labute approximate surface area is 275 Å². The monoisotopic (exact) mass is 632 g/mol. The van der Waals surface area contributed by atoms with Crippen molar-refractivity contribution in [3.05, 3.63) is 115 Å².